The molecule has 1 aliphatic rings. The van der Waals surface area contributed by atoms with Gasteiger partial charge in [-0.3, -0.25) is 14.5 Å². The molecule has 1 aliphatic heterocycles. The zero-order chi connectivity index (χ0) is 17.2. The smallest absolute Gasteiger partial charge is 0.235 e. The third kappa shape index (κ3) is 3.59. The summed E-state index contributed by atoms with van der Waals surface area (Å²) >= 11 is 0. The van der Waals surface area contributed by atoms with Gasteiger partial charge in [0.05, 0.1) is 29.7 Å². The molecule has 1 heterocycles. The Morgan fingerprint density at radius 3 is 2.43 bits per heavy atom. The minimum atomic E-state index is -0.947. The number of hydrogen-bond donors (Lipinski definition) is 1. The predicted octanol–water partition coefficient (Wildman–Crippen LogP) is 2.40. The lowest BCUT2D eigenvalue weighted by Crippen LogP contribution is -2.37. The number of nitriles is 1. The molecule has 1 N–H and O–H groups in total. The Morgan fingerprint density at radius 2 is 1.91 bits per heavy atom. The highest BCUT2D eigenvalue weighted by molar-refractivity contribution is 6.05. The van der Waals surface area contributed by atoms with Gasteiger partial charge in [0.1, 0.15) is 0 Å². The normalized spacial score (nSPS) is 22.5. The van der Waals surface area contributed by atoms with Crippen molar-refractivity contribution in [2.24, 2.45) is 11.3 Å². The molecule has 1 fully saturated rings. The van der Waals surface area contributed by atoms with Gasteiger partial charge < -0.3 is 5.11 Å². The van der Waals surface area contributed by atoms with Crippen molar-refractivity contribution in [3.8, 4) is 6.07 Å². The van der Waals surface area contributed by atoms with Crippen LogP contribution < -0.4 is 0 Å². The lowest BCUT2D eigenvalue weighted by molar-refractivity contribution is -0.143. The Labute approximate surface area is 136 Å². The van der Waals surface area contributed by atoms with E-state index in [0.29, 0.717) is 23.5 Å². The van der Waals surface area contributed by atoms with E-state index < -0.39 is 11.5 Å². The van der Waals surface area contributed by atoms with Crippen LogP contribution in [0.3, 0.4) is 0 Å². The van der Waals surface area contributed by atoms with Crippen LogP contribution in [-0.4, -0.2) is 28.4 Å². The van der Waals surface area contributed by atoms with E-state index in [1.54, 1.807) is 24.3 Å². The average molecular weight is 314 g/mol. The van der Waals surface area contributed by atoms with E-state index in [2.05, 4.69) is 0 Å². The molecule has 1 aromatic carbocycles. The Bertz CT molecular complexity index is 645. The van der Waals surface area contributed by atoms with Crippen molar-refractivity contribution in [2.45, 2.75) is 39.7 Å². The molecule has 2 unspecified atom stereocenters. The molecule has 0 aromatic heterocycles. The SMILES string of the molecule is CC(C)CC1(C)CC(=O)N(CC(O)c2ccc(C#N)cc2)C1=O. The van der Waals surface area contributed by atoms with Gasteiger partial charge in [0.15, 0.2) is 0 Å². The van der Waals surface area contributed by atoms with E-state index in [1.165, 1.54) is 4.90 Å². The number of aliphatic hydroxyl groups is 1. The molecular weight excluding hydrogens is 292 g/mol. The van der Waals surface area contributed by atoms with Crippen LogP contribution in [0.4, 0.5) is 0 Å². The Balaban J connectivity index is 2.11. The van der Waals surface area contributed by atoms with Crippen LogP contribution in [-0.2, 0) is 9.59 Å². The number of carbonyl (C=O) groups is 2. The quantitative estimate of drug-likeness (QED) is 0.846. The summed E-state index contributed by atoms with van der Waals surface area (Å²) in [6.07, 6.45) is -0.0949. The lowest BCUT2D eigenvalue weighted by Gasteiger charge is -2.25. The number of benzene rings is 1. The summed E-state index contributed by atoms with van der Waals surface area (Å²) in [6, 6.07) is 8.50. The molecule has 0 spiro atoms. The fourth-order valence-electron chi connectivity index (χ4n) is 3.25. The van der Waals surface area contributed by atoms with Gasteiger partial charge in [0.25, 0.3) is 0 Å². The van der Waals surface area contributed by atoms with E-state index in [-0.39, 0.29) is 24.8 Å². The Morgan fingerprint density at radius 1 is 1.30 bits per heavy atom. The van der Waals surface area contributed by atoms with E-state index in [0.717, 1.165) is 0 Å². The predicted molar refractivity (Wildman–Crippen MR) is 85.0 cm³/mol. The highest BCUT2D eigenvalue weighted by Crippen LogP contribution is 2.38. The summed E-state index contributed by atoms with van der Waals surface area (Å²) in [4.78, 5) is 26.0. The first-order valence-corrected chi connectivity index (χ1v) is 7.80. The average Bonchev–Trinajstić information content (AvgIpc) is 2.69. The van der Waals surface area contributed by atoms with Gasteiger partial charge in [-0.25, -0.2) is 0 Å². The highest BCUT2D eigenvalue weighted by Gasteiger charge is 2.48. The van der Waals surface area contributed by atoms with Gasteiger partial charge in [-0.2, -0.15) is 5.26 Å². The van der Waals surface area contributed by atoms with E-state index in [9.17, 15) is 14.7 Å². The molecule has 0 radical (unpaired) electrons. The summed E-state index contributed by atoms with van der Waals surface area (Å²) in [5, 5.41) is 19.1. The maximum atomic E-state index is 12.6. The number of carbonyl (C=O) groups excluding carboxylic acids is 2. The van der Waals surface area contributed by atoms with Gasteiger partial charge >= 0.3 is 0 Å². The van der Waals surface area contributed by atoms with E-state index >= 15 is 0 Å². The van der Waals surface area contributed by atoms with Crippen molar-refractivity contribution < 1.29 is 14.7 Å². The molecule has 2 atom stereocenters. The summed E-state index contributed by atoms with van der Waals surface area (Å²) in [5.74, 6) is -0.116. The van der Waals surface area contributed by atoms with Crippen molar-refractivity contribution in [1.82, 2.24) is 4.90 Å². The number of nitrogens with zero attached hydrogens (tertiary/aromatic N) is 2. The Kier molecular flexibility index (Phi) is 4.86. The largest absolute Gasteiger partial charge is 0.387 e. The minimum absolute atomic E-state index is 0.0444. The molecule has 1 saturated heterocycles. The van der Waals surface area contributed by atoms with Crippen molar-refractivity contribution in [1.29, 1.82) is 5.26 Å². The monoisotopic (exact) mass is 314 g/mol. The summed E-state index contributed by atoms with van der Waals surface area (Å²) in [7, 11) is 0. The van der Waals surface area contributed by atoms with Gasteiger partial charge in [-0.05, 0) is 30.0 Å². The second-order valence-electron chi connectivity index (χ2n) is 6.89. The maximum Gasteiger partial charge on any atom is 0.235 e. The number of imide groups is 1. The molecule has 2 rings (SSSR count). The zero-order valence-electron chi connectivity index (χ0n) is 13.7. The molecule has 5 nitrogen and oxygen atoms in total. The van der Waals surface area contributed by atoms with Crippen LogP contribution in [0.5, 0.6) is 0 Å². The number of β-amino-alcohol motifs (C(OH)–C–C–N with tert-alkyl or cyclic N) is 1. The molecule has 0 saturated carbocycles. The minimum Gasteiger partial charge on any atom is -0.387 e. The topological polar surface area (TPSA) is 81.4 Å². The van der Waals surface area contributed by atoms with E-state index in [1.807, 2.05) is 26.8 Å². The maximum absolute atomic E-state index is 12.6. The lowest BCUT2D eigenvalue weighted by atomic mass is 9.80. The molecule has 0 bridgehead atoms. The van der Waals surface area contributed by atoms with Crippen molar-refractivity contribution in [3.05, 3.63) is 35.4 Å². The van der Waals surface area contributed by atoms with Crippen LogP contribution >= 0.6 is 0 Å². The van der Waals surface area contributed by atoms with Crippen molar-refractivity contribution in [3.63, 3.8) is 0 Å². The van der Waals surface area contributed by atoms with Gasteiger partial charge in [-0.1, -0.05) is 32.9 Å². The molecule has 122 valence electrons. The molecular formula is C18H22N2O3. The second kappa shape index (κ2) is 6.51. The molecule has 5 heteroatoms. The number of likely N-dealkylation sites (tertiary alicyclic amines) is 1. The fraction of sp³-hybridized carbons (Fsp3) is 0.500. The molecule has 2 amide bonds. The number of aliphatic hydroxyl groups excluding tert-OH is 1. The molecule has 1 aromatic rings. The first-order valence-electron chi connectivity index (χ1n) is 7.80. The number of rotatable bonds is 5. The number of amides is 2. The van der Waals surface area contributed by atoms with Crippen LogP contribution in [0.25, 0.3) is 0 Å². The van der Waals surface area contributed by atoms with Crippen LogP contribution in [0.1, 0.15) is 50.8 Å². The second-order valence-corrected chi connectivity index (χ2v) is 6.89. The first kappa shape index (κ1) is 17.2. The number of hydrogen-bond acceptors (Lipinski definition) is 4. The molecule has 0 aliphatic carbocycles. The first-order chi connectivity index (χ1) is 10.8. The van der Waals surface area contributed by atoms with Gasteiger partial charge in [0.2, 0.25) is 11.8 Å². The fourth-order valence-corrected chi connectivity index (χ4v) is 3.25. The summed E-state index contributed by atoms with van der Waals surface area (Å²) in [5.41, 5.74) is 0.413. The molecule has 23 heavy (non-hydrogen) atoms. The van der Waals surface area contributed by atoms with Gasteiger partial charge in [-0.15, -0.1) is 0 Å². The van der Waals surface area contributed by atoms with Crippen molar-refractivity contribution >= 4 is 11.8 Å². The standard InChI is InChI=1S/C18H22N2O3/c1-12(2)8-18(3)9-16(22)20(17(18)23)11-15(21)14-6-4-13(10-19)5-7-14/h4-7,12,15,21H,8-9,11H2,1-3H3. The summed E-state index contributed by atoms with van der Waals surface area (Å²) in [6.45, 7) is 5.83. The van der Waals surface area contributed by atoms with Crippen LogP contribution in [0.2, 0.25) is 0 Å². The van der Waals surface area contributed by atoms with E-state index in [4.69, 9.17) is 5.26 Å². The highest BCUT2D eigenvalue weighted by atomic mass is 16.3. The summed E-state index contributed by atoms with van der Waals surface area (Å²) < 4.78 is 0. The van der Waals surface area contributed by atoms with Crippen LogP contribution in [0, 0.1) is 22.7 Å². The Hall–Kier alpha value is -2.19. The van der Waals surface area contributed by atoms with Crippen LogP contribution in [0.15, 0.2) is 24.3 Å². The third-order valence-electron chi connectivity index (χ3n) is 4.24. The van der Waals surface area contributed by atoms with Crippen molar-refractivity contribution in [2.75, 3.05) is 6.54 Å². The third-order valence-corrected chi connectivity index (χ3v) is 4.24. The zero-order valence-corrected chi connectivity index (χ0v) is 13.7. The van der Waals surface area contributed by atoms with Gasteiger partial charge in [0, 0.05) is 6.42 Å².